The highest BCUT2D eigenvalue weighted by Gasteiger charge is 2.22. The molecular weight excluding hydrogens is 278 g/mol. The number of aromatic nitrogens is 2. The Morgan fingerprint density at radius 1 is 1.45 bits per heavy atom. The zero-order chi connectivity index (χ0) is 15.7. The number of nitrogens with zero attached hydrogens (tertiary/aromatic N) is 3. The first-order valence-electron chi connectivity index (χ1n) is 8.03. The van der Waals surface area contributed by atoms with E-state index in [0.29, 0.717) is 5.56 Å². The van der Waals surface area contributed by atoms with Crippen molar-refractivity contribution in [2.45, 2.75) is 45.2 Å². The highest BCUT2D eigenvalue weighted by atomic mass is 16.4. The molecule has 0 atom stereocenters. The van der Waals surface area contributed by atoms with Gasteiger partial charge >= 0.3 is 5.97 Å². The number of fused-ring (bicyclic) bond motifs is 1. The maximum Gasteiger partial charge on any atom is 0.335 e. The highest BCUT2D eigenvalue weighted by Crippen LogP contribution is 2.24. The summed E-state index contributed by atoms with van der Waals surface area (Å²) in [6.45, 7) is 3.95. The van der Waals surface area contributed by atoms with Gasteiger partial charge in [0, 0.05) is 25.6 Å². The Bertz CT molecular complexity index is 689. The van der Waals surface area contributed by atoms with Gasteiger partial charge in [-0.05, 0) is 45.0 Å². The van der Waals surface area contributed by atoms with Crippen LogP contribution < -0.4 is 0 Å². The summed E-state index contributed by atoms with van der Waals surface area (Å²) in [5, 5.41) is 9.11. The van der Waals surface area contributed by atoms with E-state index in [-0.39, 0.29) is 0 Å². The lowest BCUT2D eigenvalue weighted by atomic mass is 9.92. The fraction of sp³-hybridized carbons (Fsp3) is 0.529. The third kappa shape index (κ3) is 2.73. The topological polar surface area (TPSA) is 58.4 Å². The van der Waals surface area contributed by atoms with Crippen LogP contribution in [0, 0.1) is 0 Å². The Morgan fingerprint density at radius 3 is 2.82 bits per heavy atom. The summed E-state index contributed by atoms with van der Waals surface area (Å²) in [4.78, 5) is 18.2. The highest BCUT2D eigenvalue weighted by molar-refractivity contribution is 5.92. The van der Waals surface area contributed by atoms with E-state index >= 15 is 0 Å². The summed E-state index contributed by atoms with van der Waals surface area (Å²) >= 11 is 0. The maximum atomic E-state index is 11.1. The minimum atomic E-state index is -0.904. The number of aromatic carboxylic acids is 1. The van der Waals surface area contributed by atoms with Gasteiger partial charge in [0.25, 0.3) is 0 Å². The first-order chi connectivity index (χ1) is 10.6. The van der Waals surface area contributed by atoms with Crippen molar-refractivity contribution in [3.05, 3.63) is 29.6 Å². The van der Waals surface area contributed by atoms with Crippen LogP contribution in [0.5, 0.6) is 0 Å². The second-order valence-corrected chi connectivity index (χ2v) is 6.10. The van der Waals surface area contributed by atoms with Crippen LogP contribution in [0.3, 0.4) is 0 Å². The minimum absolute atomic E-state index is 0.298. The van der Waals surface area contributed by atoms with Crippen molar-refractivity contribution in [3.63, 3.8) is 0 Å². The molecule has 3 rings (SSSR count). The van der Waals surface area contributed by atoms with E-state index in [1.54, 1.807) is 12.1 Å². The third-order valence-electron chi connectivity index (χ3n) is 4.78. The second kappa shape index (κ2) is 6.08. The second-order valence-electron chi connectivity index (χ2n) is 6.10. The standard InChI is InChI=1S/C17H23N3O2/c1-3-20-15-8-7-12(17(21)22)11-14(15)18-16(20)9-10-19(2)13-5-4-6-13/h7-8,11,13H,3-6,9-10H2,1-2H3,(H,21,22). The molecule has 1 saturated carbocycles. The first-order valence-corrected chi connectivity index (χ1v) is 8.03. The van der Waals surface area contributed by atoms with Crippen molar-refractivity contribution >= 4 is 17.0 Å². The smallest absolute Gasteiger partial charge is 0.335 e. The van der Waals surface area contributed by atoms with Crippen LogP contribution in [-0.2, 0) is 13.0 Å². The molecule has 22 heavy (non-hydrogen) atoms. The molecule has 0 amide bonds. The van der Waals surface area contributed by atoms with E-state index in [1.165, 1.54) is 19.3 Å². The normalized spacial score (nSPS) is 15.4. The molecule has 118 valence electrons. The van der Waals surface area contributed by atoms with Gasteiger partial charge in [-0.25, -0.2) is 9.78 Å². The SMILES string of the molecule is CCn1c(CCN(C)C2CCC2)nc2cc(C(=O)O)ccc21. The summed E-state index contributed by atoms with van der Waals surface area (Å²) in [7, 11) is 2.19. The summed E-state index contributed by atoms with van der Waals surface area (Å²) in [6, 6.07) is 5.93. The molecule has 1 aromatic carbocycles. The quantitative estimate of drug-likeness (QED) is 0.891. The van der Waals surface area contributed by atoms with Crippen molar-refractivity contribution in [1.82, 2.24) is 14.5 Å². The van der Waals surface area contributed by atoms with Crippen molar-refractivity contribution in [2.24, 2.45) is 0 Å². The number of carboxylic acids is 1. The number of benzene rings is 1. The molecule has 0 unspecified atom stereocenters. The molecule has 1 fully saturated rings. The summed E-state index contributed by atoms with van der Waals surface area (Å²) in [6.07, 6.45) is 4.86. The van der Waals surface area contributed by atoms with Gasteiger partial charge in [0.1, 0.15) is 5.82 Å². The molecule has 1 N–H and O–H groups in total. The van der Waals surface area contributed by atoms with E-state index < -0.39 is 5.97 Å². The van der Waals surface area contributed by atoms with E-state index in [4.69, 9.17) is 5.11 Å². The average molecular weight is 301 g/mol. The molecule has 1 aliphatic carbocycles. The van der Waals surface area contributed by atoms with Gasteiger partial charge in [0.05, 0.1) is 16.6 Å². The van der Waals surface area contributed by atoms with Gasteiger partial charge in [0.15, 0.2) is 0 Å². The Balaban J connectivity index is 1.83. The molecule has 0 radical (unpaired) electrons. The third-order valence-corrected chi connectivity index (χ3v) is 4.78. The van der Waals surface area contributed by atoms with Crippen LogP contribution in [0.2, 0.25) is 0 Å². The Hall–Kier alpha value is -1.88. The fourth-order valence-corrected chi connectivity index (χ4v) is 3.14. The molecule has 2 aromatic rings. The van der Waals surface area contributed by atoms with E-state index in [0.717, 1.165) is 42.4 Å². The molecule has 0 bridgehead atoms. The zero-order valence-corrected chi connectivity index (χ0v) is 13.2. The van der Waals surface area contributed by atoms with Gasteiger partial charge in [-0.3, -0.25) is 0 Å². The van der Waals surface area contributed by atoms with E-state index in [2.05, 4.69) is 28.4 Å². The Labute approximate surface area is 130 Å². The molecule has 1 aromatic heterocycles. The minimum Gasteiger partial charge on any atom is -0.478 e. The molecule has 0 aliphatic heterocycles. The van der Waals surface area contributed by atoms with Crippen LogP contribution in [0.4, 0.5) is 0 Å². The van der Waals surface area contributed by atoms with Gasteiger partial charge in [0.2, 0.25) is 0 Å². The number of carboxylic acid groups (broad SMARTS) is 1. The van der Waals surface area contributed by atoms with Crippen molar-refractivity contribution in [2.75, 3.05) is 13.6 Å². The van der Waals surface area contributed by atoms with Gasteiger partial charge < -0.3 is 14.6 Å². The molecule has 0 spiro atoms. The summed E-state index contributed by atoms with van der Waals surface area (Å²) in [5.41, 5.74) is 2.10. The van der Waals surface area contributed by atoms with E-state index in [1.807, 2.05) is 6.07 Å². The van der Waals surface area contributed by atoms with Gasteiger partial charge in [-0.15, -0.1) is 0 Å². The molecule has 5 heteroatoms. The van der Waals surface area contributed by atoms with Gasteiger partial charge in [-0.2, -0.15) is 0 Å². The number of imidazole rings is 1. The lowest BCUT2D eigenvalue weighted by Gasteiger charge is -2.34. The molecule has 1 heterocycles. The van der Waals surface area contributed by atoms with Crippen LogP contribution in [0.1, 0.15) is 42.4 Å². The zero-order valence-electron chi connectivity index (χ0n) is 13.2. The van der Waals surface area contributed by atoms with Crippen LogP contribution >= 0.6 is 0 Å². The van der Waals surface area contributed by atoms with E-state index in [9.17, 15) is 4.79 Å². The monoisotopic (exact) mass is 301 g/mol. The number of hydrogen-bond acceptors (Lipinski definition) is 3. The number of likely N-dealkylation sites (N-methyl/N-ethyl adjacent to an activating group) is 1. The molecule has 5 nitrogen and oxygen atoms in total. The Kier molecular flexibility index (Phi) is 4.16. The lowest BCUT2D eigenvalue weighted by Crippen LogP contribution is -2.38. The number of aryl methyl sites for hydroxylation is 1. The average Bonchev–Trinajstić information content (AvgIpc) is 2.79. The maximum absolute atomic E-state index is 11.1. The number of rotatable bonds is 6. The summed E-state index contributed by atoms with van der Waals surface area (Å²) < 4.78 is 2.19. The predicted octanol–water partition coefficient (Wildman–Crippen LogP) is 2.78. The molecule has 1 aliphatic rings. The number of hydrogen-bond donors (Lipinski definition) is 1. The van der Waals surface area contributed by atoms with Crippen molar-refractivity contribution < 1.29 is 9.90 Å². The first kappa shape index (κ1) is 15.0. The van der Waals surface area contributed by atoms with Crippen molar-refractivity contribution in [1.29, 1.82) is 0 Å². The van der Waals surface area contributed by atoms with Gasteiger partial charge in [-0.1, -0.05) is 6.42 Å². The largest absolute Gasteiger partial charge is 0.478 e. The lowest BCUT2D eigenvalue weighted by molar-refractivity contribution is 0.0697. The Morgan fingerprint density at radius 2 is 2.23 bits per heavy atom. The predicted molar refractivity (Wildman–Crippen MR) is 86.3 cm³/mol. The molecule has 0 saturated heterocycles. The van der Waals surface area contributed by atoms with Crippen LogP contribution in [0.25, 0.3) is 11.0 Å². The fourth-order valence-electron chi connectivity index (χ4n) is 3.14. The van der Waals surface area contributed by atoms with Crippen LogP contribution in [0.15, 0.2) is 18.2 Å². The van der Waals surface area contributed by atoms with Crippen LogP contribution in [-0.4, -0.2) is 45.2 Å². The summed E-state index contributed by atoms with van der Waals surface area (Å²) in [5.74, 6) is 0.144. The molecular formula is C17H23N3O2. The van der Waals surface area contributed by atoms with Crippen molar-refractivity contribution in [3.8, 4) is 0 Å². The number of carbonyl (C=O) groups is 1.